The third-order valence-electron chi connectivity index (χ3n) is 3.85. The van der Waals surface area contributed by atoms with Gasteiger partial charge < -0.3 is 24.8 Å². The van der Waals surface area contributed by atoms with E-state index in [1.54, 1.807) is 14.2 Å². The Labute approximate surface area is 158 Å². The van der Waals surface area contributed by atoms with Crippen LogP contribution < -0.4 is 10.6 Å². The number of guanidine groups is 1. The van der Waals surface area contributed by atoms with Crippen molar-refractivity contribution in [3.8, 4) is 0 Å². The first-order valence-electron chi connectivity index (χ1n) is 8.27. The molecular formula is C16H34IN3O3. The molecule has 0 aliphatic carbocycles. The highest BCUT2D eigenvalue weighted by Gasteiger charge is 2.32. The maximum absolute atomic E-state index is 5.71. The molecule has 0 bridgehead atoms. The molecule has 0 aromatic heterocycles. The monoisotopic (exact) mass is 443 g/mol. The second-order valence-electron chi connectivity index (χ2n) is 6.17. The number of nitrogens with one attached hydrogen (secondary N) is 2. The van der Waals surface area contributed by atoms with Crippen molar-refractivity contribution < 1.29 is 14.2 Å². The summed E-state index contributed by atoms with van der Waals surface area (Å²) in [6.45, 7) is 9.03. The van der Waals surface area contributed by atoms with Crippen LogP contribution in [0.3, 0.4) is 0 Å². The number of hydrogen-bond acceptors (Lipinski definition) is 4. The highest BCUT2D eigenvalue weighted by atomic mass is 127. The molecule has 138 valence electrons. The second kappa shape index (κ2) is 13.2. The summed E-state index contributed by atoms with van der Waals surface area (Å²) in [6.07, 6.45) is 2.80. The van der Waals surface area contributed by atoms with Crippen LogP contribution in [0.1, 0.15) is 33.1 Å². The molecule has 0 aromatic rings. The Hall–Kier alpha value is -0.120. The highest BCUT2D eigenvalue weighted by molar-refractivity contribution is 14.0. The van der Waals surface area contributed by atoms with Crippen LogP contribution >= 0.6 is 24.0 Å². The molecule has 23 heavy (non-hydrogen) atoms. The molecule has 1 aliphatic heterocycles. The molecule has 1 fully saturated rings. The number of rotatable bonds is 9. The number of ether oxygens (including phenoxy) is 3. The van der Waals surface area contributed by atoms with Crippen molar-refractivity contribution >= 4 is 29.9 Å². The molecule has 1 rings (SSSR count). The molecule has 0 aromatic carbocycles. The minimum Gasteiger partial charge on any atom is -0.381 e. The van der Waals surface area contributed by atoms with Crippen LogP contribution in [0.5, 0.6) is 0 Å². The summed E-state index contributed by atoms with van der Waals surface area (Å²) in [6, 6.07) is 0. The molecule has 0 unspecified atom stereocenters. The lowest BCUT2D eigenvalue weighted by molar-refractivity contribution is -0.0855. The fourth-order valence-electron chi connectivity index (χ4n) is 2.36. The van der Waals surface area contributed by atoms with Crippen molar-refractivity contribution in [3.05, 3.63) is 0 Å². The van der Waals surface area contributed by atoms with E-state index in [9.17, 15) is 0 Å². The van der Waals surface area contributed by atoms with E-state index in [0.29, 0.717) is 5.92 Å². The standard InChI is InChI=1S/C16H33N3O3.HI/c1-14(2)12-22-9-5-8-18-15(17-3)19-13-16(20-4)6-10-21-11-7-16;/h14H,5-13H2,1-4H3,(H2,17,18,19);1H. The van der Waals surface area contributed by atoms with Gasteiger partial charge in [0.25, 0.3) is 0 Å². The van der Waals surface area contributed by atoms with E-state index in [2.05, 4.69) is 29.5 Å². The van der Waals surface area contributed by atoms with Crippen LogP contribution in [0.2, 0.25) is 0 Å². The molecule has 1 aliphatic rings. The van der Waals surface area contributed by atoms with Gasteiger partial charge in [-0.25, -0.2) is 0 Å². The van der Waals surface area contributed by atoms with Crippen molar-refractivity contribution in [1.82, 2.24) is 10.6 Å². The van der Waals surface area contributed by atoms with E-state index < -0.39 is 0 Å². The Balaban J connectivity index is 0.00000484. The quantitative estimate of drug-likeness (QED) is 0.247. The Kier molecular flexibility index (Phi) is 13.1. The fourth-order valence-corrected chi connectivity index (χ4v) is 2.36. The Morgan fingerprint density at radius 2 is 1.96 bits per heavy atom. The third-order valence-corrected chi connectivity index (χ3v) is 3.85. The first-order chi connectivity index (χ1) is 10.6. The lowest BCUT2D eigenvalue weighted by Gasteiger charge is -2.36. The van der Waals surface area contributed by atoms with Crippen molar-refractivity contribution in [2.45, 2.75) is 38.7 Å². The predicted octanol–water partition coefficient (Wildman–Crippen LogP) is 2.03. The first kappa shape index (κ1) is 22.9. The normalized spacial score (nSPS) is 17.7. The molecule has 0 atom stereocenters. The zero-order chi connectivity index (χ0) is 16.3. The van der Waals surface area contributed by atoms with Crippen LogP contribution in [0.15, 0.2) is 4.99 Å². The highest BCUT2D eigenvalue weighted by Crippen LogP contribution is 2.23. The van der Waals surface area contributed by atoms with E-state index in [4.69, 9.17) is 14.2 Å². The van der Waals surface area contributed by atoms with Crippen LogP contribution in [-0.4, -0.2) is 65.2 Å². The first-order valence-corrected chi connectivity index (χ1v) is 8.27. The number of nitrogens with zero attached hydrogens (tertiary/aromatic N) is 1. The molecule has 0 saturated carbocycles. The molecule has 1 saturated heterocycles. The molecular weight excluding hydrogens is 409 g/mol. The minimum atomic E-state index is -0.143. The van der Waals surface area contributed by atoms with Gasteiger partial charge in [-0.15, -0.1) is 24.0 Å². The fraction of sp³-hybridized carbons (Fsp3) is 0.938. The smallest absolute Gasteiger partial charge is 0.191 e. The van der Waals surface area contributed by atoms with Gasteiger partial charge in [0, 0.05) is 66.5 Å². The number of aliphatic imine (C=N–C) groups is 1. The van der Waals surface area contributed by atoms with E-state index in [1.807, 2.05) is 0 Å². The number of methoxy groups -OCH3 is 1. The number of halogens is 1. The average Bonchev–Trinajstić information content (AvgIpc) is 2.54. The SMILES string of the molecule is CN=C(NCCCOCC(C)C)NCC1(OC)CCOCC1.I. The van der Waals surface area contributed by atoms with Gasteiger partial charge in [-0.3, -0.25) is 4.99 Å². The minimum absolute atomic E-state index is 0. The zero-order valence-corrected chi connectivity index (χ0v) is 17.4. The van der Waals surface area contributed by atoms with E-state index in [1.165, 1.54) is 0 Å². The average molecular weight is 443 g/mol. The van der Waals surface area contributed by atoms with Gasteiger partial charge in [0.2, 0.25) is 0 Å². The molecule has 0 radical (unpaired) electrons. The molecule has 0 spiro atoms. The van der Waals surface area contributed by atoms with Crippen molar-refractivity contribution in [1.29, 1.82) is 0 Å². The summed E-state index contributed by atoms with van der Waals surface area (Å²) in [7, 11) is 3.56. The van der Waals surface area contributed by atoms with Crippen molar-refractivity contribution in [3.63, 3.8) is 0 Å². The third kappa shape index (κ3) is 9.69. The largest absolute Gasteiger partial charge is 0.381 e. The summed E-state index contributed by atoms with van der Waals surface area (Å²) in [5, 5.41) is 6.67. The Bertz CT molecular complexity index is 322. The van der Waals surface area contributed by atoms with E-state index in [-0.39, 0.29) is 29.6 Å². The van der Waals surface area contributed by atoms with Gasteiger partial charge >= 0.3 is 0 Å². The summed E-state index contributed by atoms with van der Waals surface area (Å²) in [5.41, 5.74) is -0.143. The molecule has 1 heterocycles. The molecule has 0 amide bonds. The van der Waals surface area contributed by atoms with Crippen LogP contribution in [0.4, 0.5) is 0 Å². The summed E-state index contributed by atoms with van der Waals surface area (Å²) >= 11 is 0. The van der Waals surface area contributed by atoms with Gasteiger partial charge in [0.05, 0.1) is 5.60 Å². The van der Waals surface area contributed by atoms with Crippen LogP contribution in [0.25, 0.3) is 0 Å². The predicted molar refractivity (Wildman–Crippen MR) is 105 cm³/mol. The van der Waals surface area contributed by atoms with Crippen molar-refractivity contribution in [2.24, 2.45) is 10.9 Å². The summed E-state index contributed by atoms with van der Waals surface area (Å²) < 4.78 is 16.7. The van der Waals surface area contributed by atoms with Gasteiger partial charge in [-0.1, -0.05) is 13.8 Å². The summed E-state index contributed by atoms with van der Waals surface area (Å²) in [5.74, 6) is 1.40. The Morgan fingerprint density at radius 1 is 1.26 bits per heavy atom. The Morgan fingerprint density at radius 3 is 2.52 bits per heavy atom. The van der Waals surface area contributed by atoms with Crippen molar-refractivity contribution in [2.75, 3.05) is 53.7 Å². The van der Waals surface area contributed by atoms with Gasteiger partial charge in [0.15, 0.2) is 5.96 Å². The van der Waals surface area contributed by atoms with Crippen LogP contribution in [-0.2, 0) is 14.2 Å². The van der Waals surface area contributed by atoms with Crippen LogP contribution in [0, 0.1) is 5.92 Å². The number of hydrogen-bond donors (Lipinski definition) is 2. The zero-order valence-electron chi connectivity index (χ0n) is 15.0. The maximum atomic E-state index is 5.71. The molecule has 2 N–H and O–H groups in total. The van der Waals surface area contributed by atoms with E-state index >= 15 is 0 Å². The second-order valence-corrected chi connectivity index (χ2v) is 6.17. The maximum Gasteiger partial charge on any atom is 0.191 e. The lowest BCUT2D eigenvalue weighted by atomic mass is 9.94. The van der Waals surface area contributed by atoms with Gasteiger partial charge in [0.1, 0.15) is 0 Å². The molecule has 7 heteroatoms. The summed E-state index contributed by atoms with van der Waals surface area (Å²) in [4.78, 5) is 4.25. The molecule has 6 nitrogen and oxygen atoms in total. The van der Waals surface area contributed by atoms with Gasteiger partial charge in [-0.2, -0.15) is 0 Å². The van der Waals surface area contributed by atoms with E-state index in [0.717, 1.165) is 64.7 Å². The lowest BCUT2D eigenvalue weighted by Crippen LogP contribution is -2.50. The van der Waals surface area contributed by atoms with Gasteiger partial charge in [-0.05, 0) is 12.3 Å². The topological polar surface area (TPSA) is 64.1 Å².